The number of hydrogen-bond acceptors (Lipinski definition) is 4. The van der Waals surface area contributed by atoms with Crippen LogP contribution >= 0.6 is 35.3 Å². The fourth-order valence-electron chi connectivity index (χ4n) is 2.29. The number of aliphatic imine (C=N–C) groups is 1. The lowest BCUT2D eigenvalue weighted by Crippen LogP contribution is -2.38. The Morgan fingerprint density at radius 1 is 1.33 bits per heavy atom. The highest BCUT2D eigenvalue weighted by atomic mass is 127. The van der Waals surface area contributed by atoms with Crippen molar-refractivity contribution >= 4 is 41.3 Å². The molecule has 0 amide bonds. The number of thiazole rings is 1. The van der Waals surface area contributed by atoms with Crippen LogP contribution in [0.3, 0.4) is 0 Å². The standard InChI is InChI=1S/C16H23F3N6S.HI/c1-11(2)9-25-7-6-21-13(25)8-23-15(20-3)22-5-4-14-24-12(10-26-14)16(17,18)19;/h6-7,10-11H,4-5,8-9H2,1-3H3,(H2,20,22,23);1H. The van der Waals surface area contributed by atoms with E-state index < -0.39 is 11.9 Å². The molecule has 0 aliphatic carbocycles. The molecule has 0 unspecified atom stereocenters. The summed E-state index contributed by atoms with van der Waals surface area (Å²) in [5.41, 5.74) is -0.836. The topological polar surface area (TPSA) is 67.1 Å². The summed E-state index contributed by atoms with van der Waals surface area (Å²) in [6.45, 7) is 6.11. The number of imidazole rings is 1. The van der Waals surface area contributed by atoms with Crippen molar-refractivity contribution in [2.75, 3.05) is 13.6 Å². The molecule has 0 fully saturated rings. The zero-order chi connectivity index (χ0) is 19.2. The summed E-state index contributed by atoms with van der Waals surface area (Å²) in [4.78, 5) is 12.1. The summed E-state index contributed by atoms with van der Waals surface area (Å²) in [5, 5.41) is 7.71. The first-order valence-electron chi connectivity index (χ1n) is 8.25. The number of rotatable bonds is 7. The maximum atomic E-state index is 12.5. The van der Waals surface area contributed by atoms with Gasteiger partial charge in [0.1, 0.15) is 5.82 Å². The van der Waals surface area contributed by atoms with Crippen LogP contribution in [0.25, 0.3) is 0 Å². The van der Waals surface area contributed by atoms with Gasteiger partial charge >= 0.3 is 6.18 Å². The minimum absolute atomic E-state index is 0. The van der Waals surface area contributed by atoms with Gasteiger partial charge in [0.15, 0.2) is 11.7 Å². The normalized spacial score (nSPS) is 12.2. The summed E-state index contributed by atoms with van der Waals surface area (Å²) < 4.78 is 39.7. The van der Waals surface area contributed by atoms with E-state index in [-0.39, 0.29) is 24.0 Å². The Morgan fingerprint density at radius 3 is 2.67 bits per heavy atom. The van der Waals surface area contributed by atoms with E-state index in [0.717, 1.165) is 29.1 Å². The fraction of sp³-hybridized carbons (Fsp3) is 0.562. The summed E-state index contributed by atoms with van der Waals surface area (Å²) in [5.74, 6) is 1.98. The average Bonchev–Trinajstić information content (AvgIpc) is 3.19. The molecule has 0 saturated carbocycles. The van der Waals surface area contributed by atoms with Crippen molar-refractivity contribution in [1.82, 2.24) is 25.2 Å². The molecule has 2 aromatic heterocycles. The molecular weight excluding hydrogens is 492 g/mol. The largest absolute Gasteiger partial charge is 0.434 e. The zero-order valence-electron chi connectivity index (χ0n) is 15.4. The van der Waals surface area contributed by atoms with E-state index in [1.807, 2.05) is 6.20 Å². The first-order valence-corrected chi connectivity index (χ1v) is 9.13. The van der Waals surface area contributed by atoms with Crippen molar-refractivity contribution in [2.45, 2.75) is 39.5 Å². The molecule has 152 valence electrons. The lowest BCUT2D eigenvalue weighted by molar-refractivity contribution is -0.140. The van der Waals surface area contributed by atoms with Crippen molar-refractivity contribution in [3.63, 3.8) is 0 Å². The van der Waals surface area contributed by atoms with E-state index in [4.69, 9.17) is 0 Å². The Bertz CT molecular complexity index is 726. The van der Waals surface area contributed by atoms with Crippen LogP contribution in [0.2, 0.25) is 0 Å². The van der Waals surface area contributed by atoms with Crippen LogP contribution in [0.1, 0.15) is 30.4 Å². The Balaban J connectivity index is 0.00000364. The van der Waals surface area contributed by atoms with Crippen LogP contribution < -0.4 is 10.6 Å². The van der Waals surface area contributed by atoms with Crippen molar-refractivity contribution in [2.24, 2.45) is 10.9 Å². The monoisotopic (exact) mass is 516 g/mol. The van der Waals surface area contributed by atoms with E-state index in [1.54, 1.807) is 13.2 Å². The molecule has 0 aliphatic heterocycles. The molecule has 11 heteroatoms. The van der Waals surface area contributed by atoms with Gasteiger partial charge in [-0.25, -0.2) is 9.97 Å². The van der Waals surface area contributed by atoms with Crippen LogP contribution in [0.4, 0.5) is 13.2 Å². The first-order chi connectivity index (χ1) is 12.3. The summed E-state index contributed by atoms with van der Waals surface area (Å²) in [6, 6.07) is 0. The number of hydrogen-bond donors (Lipinski definition) is 2. The van der Waals surface area contributed by atoms with Gasteiger partial charge in [-0.15, -0.1) is 35.3 Å². The van der Waals surface area contributed by atoms with E-state index in [9.17, 15) is 13.2 Å². The molecule has 0 spiro atoms. The Morgan fingerprint density at radius 2 is 2.07 bits per heavy atom. The molecule has 0 bridgehead atoms. The highest BCUT2D eigenvalue weighted by Crippen LogP contribution is 2.29. The molecule has 27 heavy (non-hydrogen) atoms. The van der Waals surface area contributed by atoms with Crippen LogP contribution in [-0.2, 0) is 25.7 Å². The van der Waals surface area contributed by atoms with Gasteiger partial charge in [0.2, 0.25) is 0 Å². The highest BCUT2D eigenvalue weighted by Gasteiger charge is 2.33. The van der Waals surface area contributed by atoms with Gasteiger partial charge in [-0.05, 0) is 5.92 Å². The van der Waals surface area contributed by atoms with Crippen molar-refractivity contribution in [1.29, 1.82) is 0 Å². The summed E-state index contributed by atoms with van der Waals surface area (Å²) in [7, 11) is 1.64. The number of nitrogens with zero attached hydrogens (tertiary/aromatic N) is 4. The number of guanidine groups is 1. The van der Waals surface area contributed by atoms with Gasteiger partial charge in [0, 0.05) is 44.3 Å². The van der Waals surface area contributed by atoms with Gasteiger partial charge in [-0.2, -0.15) is 13.2 Å². The van der Waals surface area contributed by atoms with Gasteiger partial charge in [-0.3, -0.25) is 4.99 Å². The maximum Gasteiger partial charge on any atom is 0.434 e. The van der Waals surface area contributed by atoms with Crippen LogP contribution in [0, 0.1) is 5.92 Å². The Hall–Kier alpha value is -1.37. The van der Waals surface area contributed by atoms with Crippen molar-refractivity contribution in [3.05, 3.63) is 34.3 Å². The van der Waals surface area contributed by atoms with Gasteiger partial charge < -0.3 is 15.2 Å². The van der Waals surface area contributed by atoms with Gasteiger partial charge in [-0.1, -0.05) is 13.8 Å². The number of halogens is 4. The number of nitrogens with one attached hydrogen (secondary N) is 2. The second kappa shape index (κ2) is 10.8. The third-order valence-electron chi connectivity index (χ3n) is 3.47. The Kier molecular flexibility index (Phi) is 9.50. The minimum Gasteiger partial charge on any atom is -0.356 e. The predicted octanol–water partition coefficient (Wildman–Crippen LogP) is 3.54. The second-order valence-electron chi connectivity index (χ2n) is 6.12. The molecule has 2 aromatic rings. The third kappa shape index (κ3) is 7.64. The molecule has 0 saturated heterocycles. The predicted molar refractivity (Wildman–Crippen MR) is 112 cm³/mol. The van der Waals surface area contributed by atoms with Gasteiger partial charge in [0.05, 0.1) is 11.6 Å². The zero-order valence-corrected chi connectivity index (χ0v) is 18.5. The first kappa shape index (κ1) is 23.7. The lowest BCUT2D eigenvalue weighted by Gasteiger charge is -2.13. The van der Waals surface area contributed by atoms with E-state index in [1.165, 1.54) is 0 Å². The van der Waals surface area contributed by atoms with Gasteiger partial charge in [0.25, 0.3) is 0 Å². The summed E-state index contributed by atoms with van der Waals surface area (Å²) >= 11 is 1.01. The third-order valence-corrected chi connectivity index (χ3v) is 4.38. The molecule has 0 atom stereocenters. The highest BCUT2D eigenvalue weighted by molar-refractivity contribution is 14.0. The van der Waals surface area contributed by atoms with Crippen LogP contribution in [-0.4, -0.2) is 34.1 Å². The van der Waals surface area contributed by atoms with Crippen molar-refractivity contribution in [3.8, 4) is 0 Å². The quantitative estimate of drug-likeness (QED) is 0.336. The van der Waals surface area contributed by atoms with Crippen molar-refractivity contribution < 1.29 is 13.2 Å². The Labute approximate surface area is 177 Å². The summed E-state index contributed by atoms with van der Waals surface area (Å²) in [6.07, 6.45) is -0.300. The molecule has 2 heterocycles. The molecule has 0 aliphatic rings. The molecule has 6 nitrogen and oxygen atoms in total. The SMILES string of the molecule is CN=C(NCCc1nc(C(F)(F)F)cs1)NCc1nccn1CC(C)C.I. The van der Waals surface area contributed by atoms with Crippen LogP contribution in [0.15, 0.2) is 22.8 Å². The number of alkyl halides is 3. The van der Waals surface area contributed by atoms with E-state index >= 15 is 0 Å². The smallest absolute Gasteiger partial charge is 0.356 e. The minimum atomic E-state index is -4.39. The molecule has 2 rings (SSSR count). The molecular formula is C16H24F3IN6S. The number of aromatic nitrogens is 3. The maximum absolute atomic E-state index is 12.5. The van der Waals surface area contributed by atoms with Crippen LogP contribution in [0.5, 0.6) is 0 Å². The molecule has 0 aromatic carbocycles. The van der Waals surface area contributed by atoms with E-state index in [0.29, 0.717) is 36.4 Å². The second-order valence-corrected chi connectivity index (χ2v) is 7.06. The molecule has 0 radical (unpaired) electrons. The molecule has 2 N–H and O–H groups in total. The van der Waals surface area contributed by atoms with E-state index in [2.05, 4.69) is 44.0 Å². The lowest BCUT2D eigenvalue weighted by atomic mass is 10.2. The average molecular weight is 516 g/mol. The fourth-order valence-corrected chi connectivity index (χ4v) is 3.10.